The van der Waals surface area contributed by atoms with E-state index in [4.69, 9.17) is 5.84 Å². The number of rotatable bonds is 6. The van der Waals surface area contributed by atoms with Gasteiger partial charge in [-0.3, -0.25) is 9.59 Å². The van der Waals surface area contributed by atoms with E-state index in [1.807, 2.05) is 53.2 Å². The second kappa shape index (κ2) is 8.40. The number of fused-ring (bicyclic) bond motifs is 1. The summed E-state index contributed by atoms with van der Waals surface area (Å²) in [5, 5.41) is 4.75. The van der Waals surface area contributed by atoms with E-state index in [0.29, 0.717) is 21.9 Å². The zero-order valence-corrected chi connectivity index (χ0v) is 18.0. The van der Waals surface area contributed by atoms with E-state index in [9.17, 15) is 9.59 Å². The number of thioether (sulfide) groups is 1. The minimum atomic E-state index is -0.308. The molecule has 2 N–H and O–H groups in total. The van der Waals surface area contributed by atoms with Crippen LogP contribution in [0.5, 0.6) is 0 Å². The molecule has 0 atom stereocenters. The van der Waals surface area contributed by atoms with Gasteiger partial charge in [-0.15, -0.1) is 22.7 Å². The van der Waals surface area contributed by atoms with Crippen LogP contribution in [0.25, 0.3) is 21.3 Å². The molecule has 0 radical (unpaired) electrons. The van der Waals surface area contributed by atoms with Gasteiger partial charge in [0.25, 0.3) is 5.56 Å². The standard InChI is InChI=1S/C20H18N4O2S3/c1-23(10-14-8-5-9-27-14)16(25)12-29-20-22-18-17(19(26)24(20)21)15(11-28-18)13-6-3-2-4-7-13/h2-9,11H,10,12,21H2,1H3. The van der Waals surface area contributed by atoms with Gasteiger partial charge in [-0.25, -0.2) is 9.66 Å². The summed E-state index contributed by atoms with van der Waals surface area (Å²) in [4.78, 5) is 33.3. The van der Waals surface area contributed by atoms with Crippen LogP contribution in [0.2, 0.25) is 0 Å². The molecule has 9 heteroatoms. The number of hydrogen-bond donors (Lipinski definition) is 1. The smallest absolute Gasteiger partial charge is 0.282 e. The molecule has 1 aromatic carbocycles. The average molecular weight is 443 g/mol. The third-order valence-electron chi connectivity index (χ3n) is 4.42. The number of thiophene rings is 2. The van der Waals surface area contributed by atoms with E-state index in [1.165, 1.54) is 23.1 Å². The zero-order valence-electron chi connectivity index (χ0n) is 15.6. The van der Waals surface area contributed by atoms with Crippen molar-refractivity contribution in [2.24, 2.45) is 0 Å². The lowest BCUT2D eigenvalue weighted by Crippen LogP contribution is -2.31. The van der Waals surface area contributed by atoms with Gasteiger partial charge in [-0.1, -0.05) is 48.2 Å². The average Bonchev–Trinajstić information content (AvgIpc) is 3.39. The fraction of sp³-hybridized carbons (Fsp3) is 0.150. The Labute approximate surface area is 179 Å². The maximum atomic E-state index is 12.9. The van der Waals surface area contributed by atoms with Gasteiger partial charge in [0.05, 0.1) is 17.7 Å². The van der Waals surface area contributed by atoms with Crippen molar-refractivity contribution in [1.82, 2.24) is 14.6 Å². The van der Waals surface area contributed by atoms with Crippen LogP contribution in [0, 0.1) is 0 Å². The zero-order chi connectivity index (χ0) is 20.4. The number of aromatic nitrogens is 2. The molecule has 0 aliphatic heterocycles. The van der Waals surface area contributed by atoms with E-state index in [0.717, 1.165) is 20.7 Å². The van der Waals surface area contributed by atoms with E-state index in [2.05, 4.69) is 4.98 Å². The third kappa shape index (κ3) is 4.07. The molecule has 0 bridgehead atoms. The van der Waals surface area contributed by atoms with E-state index in [-0.39, 0.29) is 17.2 Å². The third-order valence-corrected chi connectivity index (χ3v) is 7.09. The number of nitrogens with zero attached hydrogens (tertiary/aromatic N) is 3. The molecule has 3 aromatic heterocycles. The topological polar surface area (TPSA) is 81.2 Å². The molecule has 0 aliphatic carbocycles. The van der Waals surface area contributed by atoms with Crippen LogP contribution in [0.3, 0.4) is 0 Å². The summed E-state index contributed by atoms with van der Waals surface area (Å²) >= 11 is 4.19. The minimum absolute atomic E-state index is 0.0473. The van der Waals surface area contributed by atoms with Gasteiger partial charge >= 0.3 is 0 Å². The number of nitrogens with two attached hydrogens (primary N) is 1. The number of hydrogen-bond acceptors (Lipinski definition) is 7. The molecular formula is C20H18N4O2S3. The Kier molecular flexibility index (Phi) is 5.70. The van der Waals surface area contributed by atoms with E-state index < -0.39 is 0 Å². The normalized spacial score (nSPS) is 11.1. The first-order valence-electron chi connectivity index (χ1n) is 8.78. The Morgan fingerprint density at radius 1 is 1.21 bits per heavy atom. The van der Waals surface area contributed by atoms with Gasteiger partial charge in [0.2, 0.25) is 5.91 Å². The van der Waals surface area contributed by atoms with Gasteiger partial charge in [-0.2, -0.15) is 0 Å². The first-order valence-corrected chi connectivity index (χ1v) is 11.5. The fourth-order valence-electron chi connectivity index (χ4n) is 2.88. The highest BCUT2D eigenvalue weighted by Crippen LogP contribution is 2.31. The predicted molar refractivity (Wildman–Crippen MR) is 121 cm³/mol. The van der Waals surface area contributed by atoms with Crippen molar-refractivity contribution in [1.29, 1.82) is 0 Å². The first-order chi connectivity index (χ1) is 14.0. The van der Waals surface area contributed by atoms with Crippen LogP contribution < -0.4 is 11.4 Å². The summed E-state index contributed by atoms with van der Waals surface area (Å²) in [6.45, 7) is 0.560. The monoisotopic (exact) mass is 442 g/mol. The highest BCUT2D eigenvalue weighted by molar-refractivity contribution is 7.99. The summed E-state index contributed by atoms with van der Waals surface area (Å²) in [7, 11) is 1.76. The van der Waals surface area contributed by atoms with Crippen LogP contribution in [-0.2, 0) is 11.3 Å². The lowest BCUT2D eigenvalue weighted by molar-refractivity contribution is -0.127. The predicted octanol–water partition coefficient (Wildman–Crippen LogP) is 3.65. The molecule has 0 unspecified atom stereocenters. The summed E-state index contributed by atoms with van der Waals surface area (Å²) < 4.78 is 1.04. The van der Waals surface area contributed by atoms with E-state index in [1.54, 1.807) is 23.3 Å². The number of benzene rings is 1. The largest absolute Gasteiger partial charge is 0.340 e. The molecule has 0 aliphatic rings. The van der Waals surface area contributed by atoms with Gasteiger partial charge in [0.1, 0.15) is 4.83 Å². The van der Waals surface area contributed by atoms with Crippen molar-refractivity contribution in [2.45, 2.75) is 11.7 Å². The van der Waals surface area contributed by atoms with E-state index >= 15 is 0 Å². The minimum Gasteiger partial charge on any atom is -0.340 e. The lowest BCUT2D eigenvalue weighted by Gasteiger charge is -2.16. The fourth-order valence-corrected chi connectivity index (χ4v) is 5.48. The second-order valence-electron chi connectivity index (χ2n) is 6.38. The lowest BCUT2D eigenvalue weighted by atomic mass is 10.1. The first kappa shape index (κ1) is 19.7. The molecule has 0 saturated heterocycles. The number of carbonyl (C=O) groups is 1. The number of carbonyl (C=O) groups excluding carboxylic acids is 1. The van der Waals surface area contributed by atoms with Crippen LogP contribution >= 0.6 is 34.4 Å². The van der Waals surface area contributed by atoms with Crippen molar-refractivity contribution in [3.63, 3.8) is 0 Å². The van der Waals surface area contributed by atoms with Crippen LogP contribution in [-0.4, -0.2) is 33.3 Å². The molecule has 3 heterocycles. The highest BCUT2D eigenvalue weighted by Gasteiger charge is 2.18. The molecule has 0 fully saturated rings. The van der Waals surface area contributed by atoms with Crippen LogP contribution in [0.15, 0.2) is 63.2 Å². The maximum absolute atomic E-state index is 12.9. The Morgan fingerprint density at radius 2 is 2.00 bits per heavy atom. The number of amides is 1. The maximum Gasteiger partial charge on any atom is 0.282 e. The molecule has 29 heavy (non-hydrogen) atoms. The van der Waals surface area contributed by atoms with Crippen molar-refractivity contribution >= 4 is 50.6 Å². The highest BCUT2D eigenvalue weighted by atomic mass is 32.2. The van der Waals surface area contributed by atoms with Crippen LogP contribution in [0.1, 0.15) is 4.88 Å². The van der Waals surface area contributed by atoms with Crippen LogP contribution in [0.4, 0.5) is 0 Å². The molecule has 0 saturated carbocycles. The van der Waals surface area contributed by atoms with Gasteiger partial charge < -0.3 is 10.7 Å². The molecule has 4 aromatic rings. The molecule has 148 valence electrons. The number of nitrogen functional groups attached to an aromatic ring is 1. The van der Waals surface area contributed by atoms with Gasteiger partial charge in [0, 0.05) is 22.9 Å². The summed E-state index contributed by atoms with van der Waals surface area (Å²) in [6, 6.07) is 13.6. The van der Waals surface area contributed by atoms with Crippen molar-refractivity contribution in [2.75, 3.05) is 18.6 Å². The Hall–Kier alpha value is -2.62. The molecule has 6 nitrogen and oxygen atoms in total. The molecular weight excluding hydrogens is 424 g/mol. The summed E-state index contributed by atoms with van der Waals surface area (Å²) in [5.41, 5.74) is 1.46. The Balaban J connectivity index is 1.55. The van der Waals surface area contributed by atoms with Crippen molar-refractivity contribution < 1.29 is 4.79 Å². The Morgan fingerprint density at radius 3 is 2.72 bits per heavy atom. The quantitative estimate of drug-likeness (QED) is 0.280. The van der Waals surface area contributed by atoms with Gasteiger partial charge in [0.15, 0.2) is 5.16 Å². The Bertz CT molecular complexity index is 1200. The molecule has 0 spiro atoms. The molecule has 4 rings (SSSR count). The summed E-state index contributed by atoms with van der Waals surface area (Å²) in [5.74, 6) is 6.14. The SMILES string of the molecule is CN(Cc1cccs1)C(=O)CSc1nc2scc(-c3ccccc3)c2c(=O)n1N. The second-order valence-corrected chi connectivity index (χ2v) is 9.22. The van der Waals surface area contributed by atoms with Crippen molar-refractivity contribution in [3.8, 4) is 11.1 Å². The van der Waals surface area contributed by atoms with Gasteiger partial charge in [-0.05, 0) is 17.0 Å². The van der Waals surface area contributed by atoms with Crippen molar-refractivity contribution in [3.05, 3.63) is 68.5 Å². The summed E-state index contributed by atoms with van der Waals surface area (Å²) in [6.07, 6.45) is 0. The molecule has 1 amide bonds.